The van der Waals surface area contributed by atoms with Gasteiger partial charge in [-0.05, 0) is 48.7 Å². The number of nitrogen functional groups attached to an aromatic ring is 1. The average molecular weight is 486 g/mol. The topological polar surface area (TPSA) is 139 Å². The number of nitrogens with one attached hydrogen (secondary N) is 2. The maximum absolute atomic E-state index is 12.9. The molecular formula is C26H27N7O3. The van der Waals surface area contributed by atoms with E-state index in [1.807, 2.05) is 18.2 Å². The second-order valence-corrected chi connectivity index (χ2v) is 8.95. The Bertz CT molecular complexity index is 1420. The number of aromatic amines is 1. The Morgan fingerprint density at radius 2 is 1.86 bits per heavy atom. The van der Waals surface area contributed by atoms with Crippen molar-refractivity contribution in [1.82, 2.24) is 30.2 Å². The minimum absolute atomic E-state index is 0.0980. The number of hydrogen-bond donors (Lipinski definition) is 3. The van der Waals surface area contributed by atoms with E-state index >= 15 is 0 Å². The number of H-pyrrole nitrogens is 1. The van der Waals surface area contributed by atoms with Crippen LogP contribution in [0.15, 0.2) is 48.9 Å². The molecule has 10 nitrogen and oxygen atoms in total. The maximum atomic E-state index is 12.9. The number of pyridine rings is 3. The molecule has 0 spiro atoms. The normalized spacial score (nSPS) is 14.1. The number of rotatable bonds is 5. The van der Waals surface area contributed by atoms with Crippen LogP contribution < -0.4 is 11.1 Å². The second kappa shape index (κ2) is 9.74. The first-order valence-electron chi connectivity index (χ1n) is 11.7. The van der Waals surface area contributed by atoms with Crippen molar-refractivity contribution < 1.29 is 14.3 Å². The van der Waals surface area contributed by atoms with Gasteiger partial charge in [-0.2, -0.15) is 0 Å². The Kier molecular flexibility index (Phi) is 6.34. The van der Waals surface area contributed by atoms with E-state index < -0.39 is 0 Å². The molecule has 0 atom stereocenters. The number of amides is 2. The van der Waals surface area contributed by atoms with E-state index in [4.69, 9.17) is 10.5 Å². The third kappa shape index (κ3) is 4.63. The van der Waals surface area contributed by atoms with Gasteiger partial charge >= 0.3 is 0 Å². The number of aromatic nitrogens is 4. The van der Waals surface area contributed by atoms with Gasteiger partial charge in [-0.25, -0.2) is 9.97 Å². The molecule has 5 heterocycles. The number of nitrogens with two attached hydrogens (primary N) is 1. The van der Waals surface area contributed by atoms with E-state index in [2.05, 4.69) is 25.3 Å². The predicted octanol–water partition coefficient (Wildman–Crippen LogP) is 2.88. The molecule has 1 saturated heterocycles. The third-order valence-corrected chi connectivity index (χ3v) is 6.26. The summed E-state index contributed by atoms with van der Waals surface area (Å²) >= 11 is 0. The maximum Gasteiger partial charge on any atom is 0.267 e. The van der Waals surface area contributed by atoms with Gasteiger partial charge in [0.05, 0.1) is 11.3 Å². The molecule has 0 aliphatic carbocycles. The van der Waals surface area contributed by atoms with Gasteiger partial charge in [0.15, 0.2) is 0 Å². The van der Waals surface area contributed by atoms with Crippen molar-refractivity contribution in [3.8, 4) is 22.4 Å². The number of ether oxygens (including phenoxy) is 1. The van der Waals surface area contributed by atoms with E-state index in [1.165, 1.54) is 11.1 Å². The monoisotopic (exact) mass is 485 g/mol. The van der Waals surface area contributed by atoms with Crippen LogP contribution in [0.25, 0.3) is 33.4 Å². The molecular weight excluding hydrogens is 458 g/mol. The summed E-state index contributed by atoms with van der Waals surface area (Å²) in [4.78, 5) is 42.9. The summed E-state index contributed by atoms with van der Waals surface area (Å²) in [5, 5.41) is 3.87. The molecule has 0 saturated carbocycles. The molecule has 0 unspecified atom stereocenters. The van der Waals surface area contributed by atoms with Crippen molar-refractivity contribution in [3.05, 3.63) is 60.2 Å². The van der Waals surface area contributed by atoms with Crippen LogP contribution in [0.2, 0.25) is 0 Å². The number of nitrogens with zero attached hydrogens (tertiary/aromatic N) is 4. The van der Waals surface area contributed by atoms with Gasteiger partial charge in [-0.3, -0.25) is 14.6 Å². The van der Waals surface area contributed by atoms with Gasteiger partial charge < -0.3 is 25.7 Å². The quantitative estimate of drug-likeness (QED) is 0.395. The van der Waals surface area contributed by atoms with Crippen molar-refractivity contribution in [2.24, 2.45) is 0 Å². The summed E-state index contributed by atoms with van der Waals surface area (Å²) in [6, 6.07) is 9.16. The molecule has 4 aromatic rings. The number of hydrogen-bond acceptors (Lipinski definition) is 7. The van der Waals surface area contributed by atoms with Crippen LogP contribution in [0, 0.1) is 0 Å². The Hall–Kier alpha value is -4.31. The Morgan fingerprint density at radius 3 is 2.58 bits per heavy atom. The largest absolute Gasteiger partial charge is 0.383 e. The third-order valence-electron chi connectivity index (χ3n) is 6.26. The SMILES string of the molecule is CN(C)C(=O)c1ccc(-c2cc(-c3ccnc4[nH]c(C(=O)NC5CCOCC5)cc34)cnc2N)nc1. The molecule has 2 amide bonds. The molecule has 1 aliphatic rings. The molecule has 0 aromatic carbocycles. The fourth-order valence-electron chi connectivity index (χ4n) is 4.27. The summed E-state index contributed by atoms with van der Waals surface area (Å²) in [7, 11) is 3.39. The van der Waals surface area contributed by atoms with Crippen LogP contribution in [0.3, 0.4) is 0 Å². The van der Waals surface area contributed by atoms with Crippen LogP contribution in [0.1, 0.15) is 33.7 Å². The summed E-state index contributed by atoms with van der Waals surface area (Å²) in [5.74, 6) is 0.0320. The molecule has 36 heavy (non-hydrogen) atoms. The van der Waals surface area contributed by atoms with Crippen molar-refractivity contribution in [3.63, 3.8) is 0 Å². The van der Waals surface area contributed by atoms with E-state index in [1.54, 1.807) is 38.6 Å². The number of carbonyl (C=O) groups is 2. The first-order chi connectivity index (χ1) is 17.4. The van der Waals surface area contributed by atoms with Gasteiger partial charge in [0, 0.05) is 68.5 Å². The highest BCUT2D eigenvalue weighted by Crippen LogP contribution is 2.32. The molecule has 0 bridgehead atoms. The summed E-state index contributed by atoms with van der Waals surface area (Å²) < 4.78 is 5.37. The molecule has 10 heteroatoms. The molecule has 4 N–H and O–H groups in total. The molecule has 184 valence electrons. The molecule has 5 rings (SSSR count). The number of fused-ring (bicyclic) bond motifs is 1. The first-order valence-corrected chi connectivity index (χ1v) is 11.7. The van der Waals surface area contributed by atoms with Crippen LogP contribution in [-0.4, -0.2) is 70.0 Å². The van der Waals surface area contributed by atoms with Crippen LogP contribution in [0.5, 0.6) is 0 Å². The first kappa shape index (κ1) is 23.4. The fraction of sp³-hybridized carbons (Fsp3) is 0.269. The van der Waals surface area contributed by atoms with Gasteiger partial charge in [0.25, 0.3) is 11.8 Å². The lowest BCUT2D eigenvalue weighted by Gasteiger charge is -2.22. The van der Waals surface area contributed by atoms with Crippen LogP contribution >= 0.6 is 0 Å². The Balaban J connectivity index is 1.46. The van der Waals surface area contributed by atoms with Crippen molar-refractivity contribution in [1.29, 1.82) is 0 Å². The summed E-state index contributed by atoms with van der Waals surface area (Å²) in [6.45, 7) is 1.30. The van der Waals surface area contributed by atoms with Crippen LogP contribution in [0.4, 0.5) is 5.82 Å². The lowest BCUT2D eigenvalue weighted by Crippen LogP contribution is -2.39. The van der Waals surface area contributed by atoms with Gasteiger partial charge in [0.2, 0.25) is 0 Å². The summed E-state index contributed by atoms with van der Waals surface area (Å²) in [6.07, 6.45) is 6.50. The predicted molar refractivity (Wildman–Crippen MR) is 136 cm³/mol. The van der Waals surface area contributed by atoms with Gasteiger partial charge in [0.1, 0.15) is 17.2 Å². The van der Waals surface area contributed by atoms with Gasteiger partial charge in [-0.15, -0.1) is 0 Å². The van der Waals surface area contributed by atoms with Gasteiger partial charge in [-0.1, -0.05) is 0 Å². The molecule has 1 aliphatic heterocycles. The molecule has 4 aromatic heterocycles. The lowest BCUT2D eigenvalue weighted by atomic mass is 10.0. The second-order valence-electron chi connectivity index (χ2n) is 8.95. The van der Waals surface area contributed by atoms with Crippen LogP contribution in [-0.2, 0) is 4.74 Å². The summed E-state index contributed by atoms with van der Waals surface area (Å²) in [5.41, 5.74) is 10.6. The number of anilines is 1. The molecule has 1 fully saturated rings. The van der Waals surface area contributed by atoms with Crippen molar-refractivity contribution in [2.45, 2.75) is 18.9 Å². The standard InChI is InChI=1S/C26H27N7O3/c1-33(2)26(35)15-3-4-21(29-13-15)20-11-16(14-30-23(20)27)18-5-8-28-24-19(18)12-22(32-24)25(34)31-17-6-9-36-10-7-17/h3-5,8,11-14,17H,6-7,9-10H2,1-2H3,(H2,27,30)(H,28,32)(H,31,34). The van der Waals surface area contributed by atoms with E-state index in [9.17, 15) is 9.59 Å². The van der Waals surface area contributed by atoms with E-state index in [0.29, 0.717) is 47.2 Å². The average Bonchev–Trinajstić information content (AvgIpc) is 3.34. The zero-order valence-corrected chi connectivity index (χ0v) is 20.1. The highest BCUT2D eigenvalue weighted by Gasteiger charge is 2.20. The Morgan fingerprint density at radius 1 is 1.06 bits per heavy atom. The lowest BCUT2D eigenvalue weighted by molar-refractivity contribution is 0.0694. The zero-order valence-electron chi connectivity index (χ0n) is 20.1. The Labute approximate surface area is 207 Å². The van der Waals surface area contributed by atoms with Crippen molar-refractivity contribution >= 4 is 28.7 Å². The van der Waals surface area contributed by atoms with E-state index in [-0.39, 0.29) is 17.9 Å². The highest BCUT2D eigenvalue weighted by molar-refractivity contribution is 6.02. The van der Waals surface area contributed by atoms with Crippen molar-refractivity contribution in [2.75, 3.05) is 33.0 Å². The number of carbonyl (C=O) groups excluding carboxylic acids is 2. The minimum atomic E-state index is -0.168. The zero-order chi connectivity index (χ0) is 25.2. The minimum Gasteiger partial charge on any atom is -0.383 e. The fourth-order valence-corrected chi connectivity index (χ4v) is 4.27. The smallest absolute Gasteiger partial charge is 0.267 e. The van der Waals surface area contributed by atoms with E-state index in [0.717, 1.165) is 29.4 Å². The highest BCUT2D eigenvalue weighted by atomic mass is 16.5. The molecule has 0 radical (unpaired) electrons.